The molecule has 1 heterocycles. The zero-order valence-corrected chi connectivity index (χ0v) is 31.0. The fourth-order valence-corrected chi connectivity index (χ4v) is 10.8. The summed E-state index contributed by atoms with van der Waals surface area (Å²) in [6, 6.07) is 14.3. The van der Waals surface area contributed by atoms with E-state index < -0.39 is 13.6 Å². The summed E-state index contributed by atoms with van der Waals surface area (Å²) in [7, 11) is 0. The lowest BCUT2D eigenvalue weighted by Crippen LogP contribution is -2.49. The van der Waals surface area contributed by atoms with Crippen LogP contribution in [0.4, 0.5) is 0 Å². The second kappa shape index (κ2) is 20.0. The summed E-state index contributed by atoms with van der Waals surface area (Å²) in [5.74, 6) is 0. The van der Waals surface area contributed by atoms with Gasteiger partial charge < -0.3 is 27.9 Å². The number of piperazine rings is 1. The Bertz CT molecular complexity index is 1330. The van der Waals surface area contributed by atoms with E-state index in [-0.39, 0.29) is 26.4 Å². The van der Waals surface area contributed by atoms with Crippen molar-refractivity contribution in [3.05, 3.63) is 69.7 Å². The predicted octanol–water partition coefficient (Wildman–Crippen LogP) is 8.52. The van der Waals surface area contributed by atoms with E-state index in [0.717, 1.165) is 33.9 Å². The molecule has 2 aromatic carbocycles. The minimum Gasteiger partial charge on any atom is -0.346 e. The third-order valence-electron chi connectivity index (χ3n) is 5.80. The van der Waals surface area contributed by atoms with Gasteiger partial charge in [0.25, 0.3) is 0 Å². The maximum absolute atomic E-state index is 13.5. The van der Waals surface area contributed by atoms with E-state index in [2.05, 4.69) is 20.4 Å². The van der Waals surface area contributed by atoms with E-state index in [0.29, 0.717) is 46.6 Å². The first-order valence-corrected chi connectivity index (χ1v) is 21.2. The van der Waals surface area contributed by atoms with Gasteiger partial charge in [0.1, 0.15) is 0 Å². The van der Waals surface area contributed by atoms with Gasteiger partial charge in [0.2, 0.25) is 0 Å². The maximum Gasteiger partial charge on any atom is 0.396 e. The van der Waals surface area contributed by atoms with Gasteiger partial charge in [0.15, 0.2) is 10.3 Å². The molecule has 0 amide bonds. The van der Waals surface area contributed by atoms with Crippen molar-refractivity contribution < 1.29 is 27.2 Å². The molecule has 3 rings (SSSR count). The van der Waals surface area contributed by atoms with Gasteiger partial charge in [-0.1, -0.05) is 47.5 Å². The smallest absolute Gasteiger partial charge is 0.346 e. The van der Waals surface area contributed by atoms with Crippen molar-refractivity contribution in [3.63, 3.8) is 0 Å². The molecule has 0 atom stereocenters. The number of amidine groups is 2. The summed E-state index contributed by atoms with van der Waals surface area (Å²) in [4.78, 5) is 3.88. The van der Waals surface area contributed by atoms with Gasteiger partial charge in [-0.2, -0.15) is 10.2 Å². The Morgan fingerprint density at radius 1 is 0.652 bits per heavy atom. The van der Waals surface area contributed by atoms with Crippen LogP contribution >= 0.6 is 59.6 Å². The van der Waals surface area contributed by atoms with Crippen LogP contribution in [0.3, 0.4) is 0 Å². The van der Waals surface area contributed by atoms with E-state index in [1.807, 2.05) is 34.1 Å². The Labute approximate surface area is 288 Å². The minimum atomic E-state index is -3.57. The normalized spacial score (nSPS) is 15.4. The number of hydrogen-bond acceptors (Lipinski definition) is 12. The largest absolute Gasteiger partial charge is 0.396 e. The van der Waals surface area contributed by atoms with Crippen molar-refractivity contribution in [1.82, 2.24) is 9.80 Å². The van der Waals surface area contributed by atoms with Gasteiger partial charge in [0.05, 0.1) is 38.9 Å². The van der Waals surface area contributed by atoms with Crippen molar-refractivity contribution in [2.75, 3.05) is 52.6 Å². The zero-order valence-electron chi connectivity index (χ0n) is 26.0. The molecule has 2 aromatic rings. The van der Waals surface area contributed by atoms with E-state index >= 15 is 0 Å². The number of nitrogens with zero attached hydrogens (tertiary/aromatic N) is 6. The standard InChI is InChI=1S/C28H38Cl2N6O6P2S2/c1-5-39-43(37,40-6-2)45-27(33-31-21-23-9-13-25(29)14-10-23)35-17-19-36(20-18-35)28(46-44(38,41-7-3)42-8-4)34-32-22-24-11-15-26(30)16-12-24/h9-16,21-22H,5-8,17-20H2,1-4H3/b31-21+,32-22+,33-27+,34-28+. The predicted molar refractivity (Wildman–Crippen MR) is 193 cm³/mol. The van der Waals surface area contributed by atoms with Gasteiger partial charge >= 0.3 is 13.6 Å². The Morgan fingerprint density at radius 2 is 0.957 bits per heavy atom. The zero-order chi connectivity index (χ0) is 33.4. The first-order valence-electron chi connectivity index (χ1n) is 14.5. The number of halogens is 2. The summed E-state index contributed by atoms with van der Waals surface area (Å²) in [6.07, 6.45) is 3.16. The molecule has 0 saturated carbocycles. The third-order valence-corrected chi connectivity index (χ3v) is 13.6. The summed E-state index contributed by atoms with van der Waals surface area (Å²) < 4.78 is 49.0. The van der Waals surface area contributed by atoms with Crippen LogP contribution in [0.2, 0.25) is 10.0 Å². The van der Waals surface area contributed by atoms with E-state index in [4.69, 9.17) is 41.3 Å². The van der Waals surface area contributed by atoms with E-state index in [9.17, 15) is 9.13 Å². The topological polar surface area (TPSA) is 127 Å². The van der Waals surface area contributed by atoms with Crippen molar-refractivity contribution in [3.8, 4) is 0 Å². The number of benzene rings is 2. The van der Waals surface area contributed by atoms with Crippen LogP contribution in [0.5, 0.6) is 0 Å². The lowest BCUT2D eigenvalue weighted by Gasteiger charge is -2.37. The van der Waals surface area contributed by atoms with Crippen LogP contribution in [0, 0.1) is 0 Å². The molecule has 1 aliphatic rings. The summed E-state index contributed by atoms with van der Waals surface area (Å²) >= 11 is 13.8. The molecule has 46 heavy (non-hydrogen) atoms. The average Bonchev–Trinajstić information content (AvgIpc) is 3.02. The second-order valence-electron chi connectivity index (χ2n) is 9.08. The van der Waals surface area contributed by atoms with E-state index in [1.165, 1.54) is 0 Å². The molecule has 0 radical (unpaired) electrons. The highest BCUT2D eigenvalue weighted by molar-refractivity contribution is 8.62. The second-order valence-corrected chi connectivity index (χ2v) is 17.6. The lowest BCUT2D eigenvalue weighted by molar-refractivity contribution is 0.235. The first-order chi connectivity index (χ1) is 22.1. The maximum atomic E-state index is 13.5. The first kappa shape index (κ1) is 38.7. The molecular formula is C28H38Cl2N6O6P2S2. The molecule has 252 valence electrons. The highest BCUT2D eigenvalue weighted by atomic mass is 35.5. The quantitative estimate of drug-likeness (QED) is 0.0803. The van der Waals surface area contributed by atoms with Crippen molar-refractivity contribution in [1.29, 1.82) is 0 Å². The fraction of sp³-hybridized carbons (Fsp3) is 0.429. The Morgan fingerprint density at radius 3 is 1.24 bits per heavy atom. The molecule has 0 N–H and O–H groups in total. The molecule has 1 fully saturated rings. The van der Waals surface area contributed by atoms with Crippen LogP contribution in [0.25, 0.3) is 0 Å². The van der Waals surface area contributed by atoms with Crippen molar-refractivity contribution in [2.24, 2.45) is 20.4 Å². The molecule has 0 unspecified atom stereocenters. The van der Waals surface area contributed by atoms with Gasteiger partial charge in [0, 0.05) is 59.0 Å². The Hall–Kier alpha value is -1.70. The van der Waals surface area contributed by atoms with Gasteiger partial charge in [-0.3, -0.25) is 0 Å². The highest BCUT2D eigenvalue weighted by Gasteiger charge is 2.35. The molecule has 12 nitrogen and oxygen atoms in total. The average molecular weight is 752 g/mol. The number of hydrogen-bond donors (Lipinski definition) is 0. The van der Waals surface area contributed by atoms with Crippen LogP contribution in [-0.2, 0) is 27.2 Å². The summed E-state index contributed by atoms with van der Waals surface area (Å²) in [5.41, 5.74) is 1.59. The minimum absolute atomic E-state index is 0.201. The molecule has 0 aliphatic carbocycles. The van der Waals surface area contributed by atoms with Crippen LogP contribution in [-0.4, -0.2) is 85.2 Å². The van der Waals surface area contributed by atoms with Crippen molar-refractivity contribution >= 4 is 82.3 Å². The van der Waals surface area contributed by atoms with Gasteiger partial charge in [-0.15, -0.1) is 10.2 Å². The molecule has 18 heteroatoms. The molecule has 1 saturated heterocycles. The van der Waals surface area contributed by atoms with Crippen molar-refractivity contribution in [2.45, 2.75) is 27.7 Å². The molecule has 0 aromatic heterocycles. The van der Waals surface area contributed by atoms with Crippen LogP contribution in [0.1, 0.15) is 38.8 Å². The van der Waals surface area contributed by atoms with E-state index in [1.54, 1.807) is 64.4 Å². The summed E-state index contributed by atoms with van der Waals surface area (Å²) in [5, 5.41) is 19.3. The molecule has 0 spiro atoms. The third kappa shape index (κ3) is 13.1. The van der Waals surface area contributed by atoms with Crippen LogP contribution < -0.4 is 0 Å². The lowest BCUT2D eigenvalue weighted by atomic mass is 10.2. The molecular weight excluding hydrogens is 713 g/mol. The Balaban J connectivity index is 1.86. The summed E-state index contributed by atoms with van der Waals surface area (Å²) in [6.45, 7) is 2.41. The molecule has 0 bridgehead atoms. The highest BCUT2D eigenvalue weighted by Crippen LogP contribution is 2.62. The van der Waals surface area contributed by atoms with Gasteiger partial charge in [-0.05, 0) is 63.1 Å². The molecule has 1 aliphatic heterocycles. The fourth-order valence-electron chi connectivity index (χ4n) is 3.77. The number of rotatable bonds is 14. The SMILES string of the molecule is CCOP(=O)(OCC)S/C(=N/N=C/c1ccc(Cl)cc1)N1CCN(/C(=N\N=C\c2ccc(Cl)cc2)SP(=O)(OCC)OCC)CC1. The monoisotopic (exact) mass is 750 g/mol. The van der Waals surface area contributed by atoms with Gasteiger partial charge in [-0.25, -0.2) is 9.13 Å². The van der Waals surface area contributed by atoms with Crippen LogP contribution in [0.15, 0.2) is 68.9 Å². The Kier molecular flexibility index (Phi) is 16.8.